The summed E-state index contributed by atoms with van der Waals surface area (Å²) in [6.07, 6.45) is -0.649. The number of ether oxygens (including phenoxy) is 1. The first-order chi connectivity index (χ1) is 15.8. The lowest BCUT2D eigenvalue weighted by Crippen LogP contribution is -2.33. The first kappa shape index (κ1) is 25.9. The van der Waals surface area contributed by atoms with Gasteiger partial charge in [0.2, 0.25) is 0 Å². The summed E-state index contributed by atoms with van der Waals surface area (Å²) in [4.78, 5) is 11.8. The molecule has 1 fully saturated rings. The van der Waals surface area contributed by atoms with Crippen LogP contribution in [0, 0.1) is 5.92 Å². The van der Waals surface area contributed by atoms with Gasteiger partial charge in [-0.3, -0.25) is 9.48 Å². The Bertz CT molecular complexity index is 1140. The number of hydrogen-bond donors (Lipinski definition) is 2. The maximum Gasteiger partial charge on any atom is 0.408 e. The molecule has 3 N–H and O–H groups in total. The van der Waals surface area contributed by atoms with Crippen LogP contribution < -0.4 is 15.8 Å². The second kappa shape index (κ2) is 9.85. The van der Waals surface area contributed by atoms with Crippen LogP contribution in [0.2, 0.25) is 0 Å². The quantitative estimate of drug-likeness (QED) is 0.570. The summed E-state index contributed by atoms with van der Waals surface area (Å²) in [5.74, 6) is -0.258. The van der Waals surface area contributed by atoms with Crippen molar-refractivity contribution in [1.29, 1.82) is 0 Å². The van der Waals surface area contributed by atoms with Gasteiger partial charge in [0.1, 0.15) is 21.6 Å². The van der Waals surface area contributed by atoms with Crippen LogP contribution in [0.25, 0.3) is 11.3 Å². The second-order valence-corrected chi connectivity index (χ2v) is 11.1. The lowest BCUT2D eigenvalue weighted by Gasteiger charge is -2.27. The van der Waals surface area contributed by atoms with Crippen molar-refractivity contribution in [2.75, 3.05) is 18.7 Å². The van der Waals surface area contributed by atoms with E-state index in [1.165, 1.54) is 31.6 Å². The van der Waals surface area contributed by atoms with E-state index >= 15 is 0 Å². The SMILES string of the molecule is COc1cc(N[C@H](C)C(F)(F)F)ccc1-c1cc(C(N)=O)nn1CC1CCC(S(C)(=O)=O)CC1. The van der Waals surface area contributed by atoms with Crippen molar-refractivity contribution < 1.29 is 31.1 Å². The van der Waals surface area contributed by atoms with Gasteiger partial charge >= 0.3 is 6.18 Å². The standard InChI is InChI=1S/C22H29F3N4O4S/c1-13(22(23,24)25)27-15-6-9-17(20(10-15)33-2)19-11-18(21(26)30)28-29(19)12-14-4-7-16(8-5-14)34(3,31)32/h6,9-11,13-14,16,27H,4-5,7-8,12H2,1-3H3,(H2,26,30)/t13-,14?,16?/m1/s1. The smallest absolute Gasteiger partial charge is 0.408 e. The van der Waals surface area contributed by atoms with Crippen LogP contribution >= 0.6 is 0 Å². The van der Waals surface area contributed by atoms with E-state index in [9.17, 15) is 26.4 Å². The molecule has 0 radical (unpaired) electrons. The fraction of sp³-hybridized carbons (Fsp3) is 0.545. The van der Waals surface area contributed by atoms with Crippen LogP contribution in [0.15, 0.2) is 24.3 Å². The number of amides is 1. The Morgan fingerprint density at radius 1 is 1.26 bits per heavy atom. The molecule has 1 aromatic heterocycles. The lowest BCUT2D eigenvalue weighted by molar-refractivity contribution is -0.138. The highest BCUT2D eigenvalue weighted by atomic mass is 32.2. The molecule has 0 unspecified atom stereocenters. The Morgan fingerprint density at radius 3 is 2.44 bits per heavy atom. The molecule has 34 heavy (non-hydrogen) atoms. The van der Waals surface area contributed by atoms with E-state index in [2.05, 4.69) is 10.4 Å². The maximum absolute atomic E-state index is 12.9. The normalized spacial score (nSPS) is 20.1. The van der Waals surface area contributed by atoms with Crippen molar-refractivity contribution in [2.45, 2.75) is 56.6 Å². The molecule has 1 amide bonds. The molecule has 1 aliphatic carbocycles. The van der Waals surface area contributed by atoms with E-state index in [0.29, 0.717) is 49.2 Å². The van der Waals surface area contributed by atoms with Crippen molar-refractivity contribution in [3.05, 3.63) is 30.0 Å². The van der Waals surface area contributed by atoms with Gasteiger partial charge in [-0.05, 0) is 56.7 Å². The third-order valence-electron chi connectivity index (χ3n) is 6.21. The number of halogens is 3. The first-order valence-corrected chi connectivity index (χ1v) is 12.8. The Labute approximate surface area is 196 Å². The predicted molar refractivity (Wildman–Crippen MR) is 122 cm³/mol. The molecule has 1 aliphatic rings. The minimum Gasteiger partial charge on any atom is -0.496 e. The number of benzene rings is 1. The summed E-state index contributed by atoms with van der Waals surface area (Å²) in [5.41, 5.74) is 6.79. The number of carbonyl (C=O) groups is 1. The van der Waals surface area contributed by atoms with E-state index in [-0.39, 0.29) is 22.5 Å². The number of primary amides is 1. The summed E-state index contributed by atoms with van der Waals surface area (Å²) in [6, 6.07) is 4.32. The summed E-state index contributed by atoms with van der Waals surface area (Å²) in [7, 11) is -1.69. The number of hydrogen-bond acceptors (Lipinski definition) is 6. The molecule has 1 saturated carbocycles. The molecule has 0 saturated heterocycles. The Morgan fingerprint density at radius 2 is 1.91 bits per heavy atom. The van der Waals surface area contributed by atoms with Crippen LogP contribution in [0.4, 0.5) is 18.9 Å². The molecule has 0 spiro atoms. The minimum atomic E-state index is -4.41. The van der Waals surface area contributed by atoms with Gasteiger partial charge in [-0.15, -0.1) is 0 Å². The maximum atomic E-state index is 12.9. The molecule has 1 heterocycles. The van der Waals surface area contributed by atoms with Gasteiger partial charge < -0.3 is 15.8 Å². The van der Waals surface area contributed by atoms with Gasteiger partial charge in [-0.1, -0.05) is 0 Å². The molecule has 0 aliphatic heterocycles. The van der Waals surface area contributed by atoms with E-state index < -0.39 is 28.0 Å². The molecule has 1 aromatic carbocycles. The topological polar surface area (TPSA) is 116 Å². The fourth-order valence-electron chi connectivity index (χ4n) is 4.20. The fourth-order valence-corrected chi connectivity index (χ4v) is 5.33. The average molecular weight is 503 g/mol. The first-order valence-electron chi connectivity index (χ1n) is 10.9. The zero-order valence-electron chi connectivity index (χ0n) is 19.2. The number of aromatic nitrogens is 2. The predicted octanol–water partition coefficient (Wildman–Crippen LogP) is 3.62. The molecular weight excluding hydrogens is 473 g/mol. The number of sulfone groups is 1. The van der Waals surface area contributed by atoms with Gasteiger partial charge in [0.25, 0.3) is 5.91 Å². The van der Waals surface area contributed by atoms with Crippen LogP contribution in [-0.2, 0) is 16.4 Å². The summed E-state index contributed by atoms with van der Waals surface area (Å²) >= 11 is 0. The average Bonchev–Trinajstić information content (AvgIpc) is 3.16. The molecular formula is C22H29F3N4O4S. The summed E-state index contributed by atoms with van der Waals surface area (Å²) in [6.45, 7) is 1.46. The minimum absolute atomic E-state index is 0.0507. The third kappa shape index (κ3) is 6.02. The number of alkyl halides is 3. The Balaban J connectivity index is 1.88. The zero-order chi connectivity index (χ0) is 25.3. The highest BCUT2D eigenvalue weighted by Gasteiger charge is 2.36. The number of methoxy groups -OCH3 is 1. The molecule has 2 aromatic rings. The largest absolute Gasteiger partial charge is 0.496 e. The van der Waals surface area contributed by atoms with Crippen molar-refractivity contribution in [3.8, 4) is 17.0 Å². The van der Waals surface area contributed by atoms with Gasteiger partial charge in [-0.2, -0.15) is 18.3 Å². The van der Waals surface area contributed by atoms with Crippen molar-refractivity contribution in [3.63, 3.8) is 0 Å². The lowest BCUT2D eigenvalue weighted by atomic mass is 9.89. The second-order valence-electron chi connectivity index (χ2n) is 8.76. The number of rotatable bonds is 8. The summed E-state index contributed by atoms with van der Waals surface area (Å²) < 4.78 is 69.5. The van der Waals surface area contributed by atoms with Crippen LogP contribution in [0.1, 0.15) is 43.1 Å². The number of nitrogens with zero attached hydrogens (tertiary/aromatic N) is 2. The molecule has 8 nitrogen and oxygen atoms in total. The monoisotopic (exact) mass is 502 g/mol. The van der Waals surface area contributed by atoms with E-state index in [1.807, 2.05) is 0 Å². The zero-order valence-corrected chi connectivity index (χ0v) is 20.0. The van der Waals surface area contributed by atoms with Gasteiger partial charge in [0, 0.05) is 30.1 Å². The molecule has 12 heteroatoms. The number of nitrogens with one attached hydrogen (secondary N) is 1. The van der Waals surface area contributed by atoms with Crippen LogP contribution in [0.3, 0.4) is 0 Å². The molecule has 3 rings (SSSR count). The highest BCUT2D eigenvalue weighted by molar-refractivity contribution is 7.91. The van der Waals surface area contributed by atoms with Crippen LogP contribution in [-0.4, -0.2) is 54.9 Å². The van der Waals surface area contributed by atoms with Gasteiger partial charge in [0.15, 0.2) is 5.69 Å². The van der Waals surface area contributed by atoms with E-state index in [4.69, 9.17) is 10.5 Å². The highest BCUT2D eigenvalue weighted by Crippen LogP contribution is 2.36. The molecule has 1 atom stereocenters. The number of anilines is 1. The van der Waals surface area contributed by atoms with E-state index in [1.54, 1.807) is 10.7 Å². The molecule has 0 bridgehead atoms. The van der Waals surface area contributed by atoms with Crippen molar-refractivity contribution in [2.24, 2.45) is 11.7 Å². The number of carbonyl (C=O) groups excluding carboxylic acids is 1. The number of nitrogens with two attached hydrogens (primary N) is 1. The molecule has 188 valence electrons. The third-order valence-corrected chi connectivity index (χ3v) is 7.90. The summed E-state index contributed by atoms with van der Waals surface area (Å²) in [5, 5.41) is 6.39. The van der Waals surface area contributed by atoms with Gasteiger partial charge in [0.05, 0.1) is 18.1 Å². The van der Waals surface area contributed by atoms with Gasteiger partial charge in [-0.25, -0.2) is 8.42 Å². The Hall–Kier alpha value is -2.76. The van der Waals surface area contributed by atoms with Crippen LogP contribution in [0.5, 0.6) is 5.75 Å². The van der Waals surface area contributed by atoms with Crippen molar-refractivity contribution >= 4 is 21.4 Å². The Kier molecular flexibility index (Phi) is 7.49. The van der Waals surface area contributed by atoms with E-state index in [0.717, 1.165) is 6.92 Å². The van der Waals surface area contributed by atoms with Crippen molar-refractivity contribution in [1.82, 2.24) is 9.78 Å².